The van der Waals surface area contributed by atoms with Gasteiger partial charge in [-0.2, -0.15) is 0 Å². The topological polar surface area (TPSA) is 21.3 Å². The highest BCUT2D eigenvalue weighted by molar-refractivity contribution is 4.92. The van der Waals surface area contributed by atoms with Gasteiger partial charge in [-0.05, 0) is 43.9 Å². The van der Waals surface area contributed by atoms with Gasteiger partial charge in [0.1, 0.15) is 0 Å². The van der Waals surface area contributed by atoms with Crippen LogP contribution >= 0.6 is 0 Å². The van der Waals surface area contributed by atoms with E-state index >= 15 is 0 Å². The highest BCUT2D eigenvalue weighted by atomic mass is 16.5. The molecule has 2 heteroatoms. The Labute approximate surface area is 107 Å². The maximum atomic E-state index is 5.36. The molecule has 2 fully saturated rings. The number of hydrogen-bond acceptors (Lipinski definition) is 2. The molecule has 2 nitrogen and oxygen atoms in total. The van der Waals surface area contributed by atoms with Crippen LogP contribution in [0.1, 0.15) is 58.3 Å². The molecule has 0 saturated heterocycles. The van der Waals surface area contributed by atoms with E-state index in [4.69, 9.17) is 4.74 Å². The van der Waals surface area contributed by atoms with Gasteiger partial charge in [0.2, 0.25) is 0 Å². The predicted octanol–water partition coefficient (Wildman–Crippen LogP) is 3.36. The van der Waals surface area contributed by atoms with Crippen LogP contribution < -0.4 is 5.32 Å². The van der Waals surface area contributed by atoms with Crippen LogP contribution in [0.4, 0.5) is 0 Å². The van der Waals surface area contributed by atoms with Crippen LogP contribution in [0.25, 0.3) is 0 Å². The van der Waals surface area contributed by atoms with Gasteiger partial charge in [-0.25, -0.2) is 0 Å². The van der Waals surface area contributed by atoms with Crippen molar-refractivity contribution < 1.29 is 4.74 Å². The third-order valence-corrected chi connectivity index (χ3v) is 4.75. The number of nitrogens with one attached hydrogen (secondary N) is 1. The molecule has 100 valence electrons. The summed E-state index contributed by atoms with van der Waals surface area (Å²) < 4.78 is 5.36. The van der Waals surface area contributed by atoms with Gasteiger partial charge in [0, 0.05) is 19.2 Å². The first-order valence-corrected chi connectivity index (χ1v) is 7.60. The third-order valence-electron chi connectivity index (χ3n) is 4.75. The minimum Gasteiger partial charge on any atom is -0.383 e. The fraction of sp³-hybridized carbons (Fsp3) is 1.00. The first kappa shape index (κ1) is 13.4. The number of hydrogen-bond donors (Lipinski definition) is 1. The minimum absolute atomic E-state index is 0.580. The first-order valence-electron chi connectivity index (χ1n) is 7.60. The van der Waals surface area contributed by atoms with E-state index < -0.39 is 0 Å². The summed E-state index contributed by atoms with van der Waals surface area (Å²) >= 11 is 0. The second-order valence-electron chi connectivity index (χ2n) is 6.02. The average Bonchev–Trinajstić information content (AvgIpc) is 2.12. The smallest absolute Gasteiger partial charge is 0.0615 e. The minimum atomic E-state index is 0.580. The van der Waals surface area contributed by atoms with Crippen molar-refractivity contribution in [3.8, 4) is 0 Å². The molecular formula is C15H29NO. The molecule has 0 spiro atoms. The highest BCUT2D eigenvalue weighted by Crippen LogP contribution is 2.40. The molecule has 0 aromatic carbocycles. The van der Waals surface area contributed by atoms with Crippen LogP contribution in [0.2, 0.25) is 0 Å². The summed E-state index contributed by atoms with van der Waals surface area (Å²) in [5, 5.41) is 3.93. The van der Waals surface area contributed by atoms with Gasteiger partial charge >= 0.3 is 0 Å². The summed E-state index contributed by atoms with van der Waals surface area (Å²) in [4.78, 5) is 0. The maximum Gasteiger partial charge on any atom is 0.0615 e. The van der Waals surface area contributed by atoms with E-state index in [0.717, 1.165) is 24.5 Å². The Hall–Kier alpha value is -0.0800. The van der Waals surface area contributed by atoms with Gasteiger partial charge < -0.3 is 10.1 Å². The molecule has 0 aliphatic heterocycles. The van der Waals surface area contributed by atoms with Crippen molar-refractivity contribution in [2.24, 2.45) is 11.8 Å². The zero-order valence-corrected chi connectivity index (χ0v) is 11.6. The number of rotatable bonds is 8. The SMILES string of the molecule is CCCC(COC)NC(C1CCC1)C1CCC1. The Morgan fingerprint density at radius 2 is 1.71 bits per heavy atom. The molecular weight excluding hydrogens is 210 g/mol. The molecule has 0 heterocycles. The van der Waals surface area contributed by atoms with Gasteiger partial charge in [0.15, 0.2) is 0 Å². The summed E-state index contributed by atoms with van der Waals surface area (Å²) in [6.07, 6.45) is 11.3. The molecule has 1 unspecified atom stereocenters. The van der Waals surface area contributed by atoms with Crippen LogP contribution in [0.15, 0.2) is 0 Å². The van der Waals surface area contributed by atoms with Crippen LogP contribution in [0.5, 0.6) is 0 Å². The van der Waals surface area contributed by atoms with Crippen molar-refractivity contribution in [1.82, 2.24) is 5.32 Å². The Balaban J connectivity index is 1.84. The van der Waals surface area contributed by atoms with E-state index in [2.05, 4.69) is 12.2 Å². The van der Waals surface area contributed by atoms with E-state index in [9.17, 15) is 0 Å². The Bertz CT molecular complexity index is 191. The Kier molecular flexibility index (Phi) is 5.30. The Morgan fingerprint density at radius 1 is 1.12 bits per heavy atom. The van der Waals surface area contributed by atoms with Gasteiger partial charge in [-0.3, -0.25) is 0 Å². The van der Waals surface area contributed by atoms with E-state index in [0.29, 0.717) is 6.04 Å². The summed E-state index contributed by atoms with van der Waals surface area (Å²) in [5.74, 6) is 1.94. The standard InChI is InChI=1S/C15H29NO/c1-3-6-14(11-17-2)16-15(12-7-4-8-12)13-9-5-10-13/h12-16H,3-11H2,1-2H3. The molecule has 1 atom stereocenters. The van der Waals surface area contributed by atoms with Crippen molar-refractivity contribution >= 4 is 0 Å². The lowest BCUT2D eigenvalue weighted by Gasteiger charge is -2.44. The van der Waals surface area contributed by atoms with E-state index in [-0.39, 0.29) is 0 Å². The van der Waals surface area contributed by atoms with Gasteiger partial charge in [0.25, 0.3) is 0 Å². The van der Waals surface area contributed by atoms with Crippen molar-refractivity contribution in [3.05, 3.63) is 0 Å². The average molecular weight is 239 g/mol. The Morgan fingerprint density at radius 3 is 2.06 bits per heavy atom. The predicted molar refractivity (Wildman–Crippen MR) is 72.2 cm³/mol. The van der Waals surface area contributed by atoms with Crippen molar-refractivity contribution in [1.29, 1.82) is 0 Å². The molecule has 0 amide bonds. The van der Waals surface area contributed by atoms with Crippen LogP contribution in [-0.4, -0.2) is 25.8 Å². The molecule has 0 aromatic rings. The molecule has 2 rings (SSSR count). The second-order valence-corrected chi connectivity index (χ2v) is 6.02. The zero-order chi connectivity index (χ0) is 12.1. The first-order chi connectivity index (χ1) is 8.35. The van der Waals surface area contributed by atoms with Gasteiger partial charge in [-0.15, -0.1) is 0 Å². The molecule has 2 saturated carbocycles. The molecule has 0 aromatic heterocycles. The molecule has 17 heavy (non-hydrogen) atoms. The number of methoxy groups -OCH3 is 1. The summed E-state index contributed by atoms with van der Waals surface area (Å²) in [5.41, 5.74) is 0. The molecule has 0 radical (unpaired) electrons. The fourth-order valence-electron chi connectivity index (χ4n) is 3.29. The van der Waals surface area contributed by atoms with Crippen molar-refractivity contribution in [3.63, 3.8) is 0 Å². The second kappa shape index (κ2) is 6.75. The van der Waals surface area contributed by atoms with Crippen molar-refractivity contribution in [2.45, 2.75) is 70.4 Å². The summed E-state index contributed by atoms with van der Waals surface area (Å²) in [6.45, 7) is 3.15. The maximum absolute atomic E-state index is 5.36. The monoisotopic (exact) mass is 239 g/mol. The fourth-order valence-corrected chi connectivity index (χ4v) is 3.29. The summed E-state index contributed by atoms with van der Waals surface area (Å²) in [6, 6.07) is 1.38. The highest BCUT2D eigenvalue weighted by Gasteiger charge is 2.36. The quantitative estimate of drug-likeness (QED) is 0.701. The lowest BCUT2D eigenvalue weighted by molar-refractivity contribution is 0.0877. The largest absolute Gasteiger partial charge is 0.383 e. The van der Waals surface area contributed by atoms with Gasteiger partial charge in [0.05, 0.1) is 6.61 Å². The van der Waals surface area contributed by atoms with E-state index in [1.807, 2.05) is 7.11 Å². The zero-order valence-electron chi connectivity index (χ0n) is 11.6. The third kappa shape index (κ3) is 3.45. The van der Waals surface area contributed by atoms with Crippen LogP contribution in [0.3, 0.4) is 0 Å². The van der Waals surface area contributed by atoms with E-state index in [1.165, 1.54) is 51.4 Å². The van der Waals surface area contributed by atoms with Crippen LogP contribution in [-0.2, 0) is 4.74 Å². The number of ether oxygens (including phenoxy) is 1. The van der Waals surface area contributed by atoms with Gasteiger partial charge in [-0.1, -0.05) is 26.2 Å². The molecule has 1 N–H and O–H groups in total. The van der Waals surface area contributed by atoms with E-state index in [1.54, 1.807) is 0 Å². The lowest BCUT2D eigenvalue weighted by Crippen LogP contribution is -2.52. The molecule has 0 bridgehead atoms. The molecule has 2 aliphatic rings. The lowest BCUT2D eigenvalue weighted by atomic mass is 9.68. The summed E-state index contributed by atoms with van der Waals surface area (Å²) in [7, 11) is 1.83. The normalized spacial score (nSPS) is 23.5. The molecule has 2 aliphatic carbocycles. The van der Waals surface area contributed by atoms with Crippen molar-refractivity contribution in [2.75, 3.05) is 13.7 Å². The van der Waals surface area contributed by atoms with Crippen LogP contribution in [0, 0.1) is 11.8 Å².